The fourth-order valence-electron chi connectivity index (χ4n) is 7.17. The summed E-state index contributed by atoms with van der Waals surface area (Å²) in [4.78, 5) is 26.1. The topological polar surface area (TPSA) is 117 Å². The van der Waals surface area contributed by atoms with Gasteiger partial charge in [0.1, 0.15) is 23.0 Å². The second kappa shape index (κ2) is 20.5. The molecule has 368 valence electrons. The van der Waals surface area contributed by atoms with Gasteiger partial charge in [-0.2, -0.15) is 0 Å². The fraction of sp³-hybridized carbons (Fsp3) is 0.571. The first kappa shape index (κ1) is 60.3. The third-order valence-electron chi connectivity index (χ3n) is 11.5. The van der Waals surface area contributed by atoms with E-state index in [1.54, 1.807) is 24.3 Å². The Morgan fingerprint density at radius 1 is 0.299 bits per heavy atom. The van der Waals surface area contributed by atoms with E-state index in [2.05, 4.69) is 83.1 Å². The van der Waals surface area contributed by atoms with Gasteiger partial charge < -0.3 is 27.9 Å². The molecule has 0 aromatic heterocycles. The van der Waals surface area contributed by atoms with Crippen molar-refractivity contribution in [3.8, 4) is 23.0 Å². The van der Waals surface area contributed by atoms with Crippen LogP contribution in [0.3, 0.4) is 0 Å². The summed E-state index contributed by atoms with van der Waals surface area (Å²) in [6, 6.07) is 22.8. The molecule has 0 N–H and O–H groups in total. The van der Waals surface area contributed by atoms with Crippen LogP contribution >= 0.6 is 15.6 Å². The van der Waals surface area contributed by atoms with Crippen LogP contribution in [0.1, 0.15) is 211 Å². The maximum absolute atomic E-state index is 13.1. The molecule has 11 heteroatoms. The Labute approximate surface area is 423 Å². The Morgan fingerprint density at radius 3 is 0.567 bits per heavy atom. The third kappa shape index (κ3) is 17.2. The largest absolute Gasteiger partial charge is 2.00 e. The van der Waals surface area contributed by atoms with E-state index in [-0.39, 0.29) is 66.4 Å². The van der Waals surface area contributed by atoms with E-state index in [1.807, 2.05) is 132 Å². The minimum absolute atomic E-state index is 0. The van der Waals surface area contributed by atoms with E-state index < -0.39 is 15.6 Å². The molecule has 0 saturated heterocycles. The van der Waals surface area contributed by atoms with Gasteiger partial charge in [0.05, 0.1) is 0 Å². The van der Waals surface area contributed by atoms with Crippen molar-refractivity contribution in [3.63, 3.8) is 0 Å². The number of hydrogen-bond donors (Lipinski definition) is 0. The average molecular weight is 972 g/mol. The van der Waals surface area contributed by atoms with E-state index in [1.165, 1.54) is 0 Å². The summed E-state index contributed by atoms with van der Waals surface area (Å²) in [6.45, 7) is 50.1. The van der Waals surface area contributed by atoms with E-state index in [9.17, 15) is 18.9 Å². The monoisotopic (exact) mass is 971 g/mol. The van der Waals surface area contributed by atoms with Crippen molar-refractivity contribution >= 4 is 38.7 Å². The zero-order chi connectivity index (χ0) is 51.2. The van der Waals surface area contributed by atoms with Crippen molar-refractivity contribution in [2.45, 2.75) is 209 Å². The zero-order valence-electron chi connectivity index (χ0n) is 45.8. The molecule has 67 heavy (non-hydrogen) atoms. The molecule has 0 saturated carbocycles. The van der Waals surface area contributed by atoms with Gasteiger partial charge in [-0.15, -0.1) is 0 Å². The molecule has 0 radical (unpaired) electrons. The van der Waals surface area contributed by atoms with Crippen LogP contribution in [0.4, 0.5) is 0 Å². The summed E-state index contributed by atoms with van der Waals surface area (Å²) < 4.78 is 48.4. The number of benzene rings is 4. The van der Waals surface area contributed by atoms with Gasteiger partial charge in [0.15, 0.2) is 0 Å². The van der Waals surface area contributed by atoms with Crippen LogP contribution < -0.4 is 27.9 Å². The van der Waals surface area contributed by atoms with Crippen LogP contribution in [0.5, 0.6) is 23.0 Å². The third-order valence-corrected chi connectivity index (χ3v) is 13.1. The van der Waals surface area contributed by atoms with E-state index in [4.69, 9.17) is 18.1 Å². The fourth-order valence-corrected chi connectivity index (χ4v) is 8.84. The smallest absolute Gasteiger partial charge is 0.736 e. The van der Waals surface area contributed by atoms with Crippen molar-refractivity contribution in [2.75, 3.05) is 0 Å². The van der Waals surface area contributed by atoms with Crippen LogP contribution in [0, 0.1) is 0 Å². The molecular formula is C56H84MgO8P2. The summed E-state index contributed by atoms with van der Waals surface area (Å²) >= 11 is 0. The maximum Gasteiger partial charge on any atom is 2.00 e. The minimum atomic E-state index is -4.69. The number of rotatable bonds is 8. The first-order valence-corrected chi connectivity index (χ1v) is 26.2. The molecule has 0 aliphatic rings. The van der Waals surface area contributed by atoms with Crippen LogP contribution in [-0.2, 0) is 52.5 Å². The van der Waals surface area contributed by atoms with E-state index in [0.717, 1.165) is 44.5 Å². The van der Waals surface area contributed by atoms with Gasteiger partial charge >= 0.3 is 38.7 Å². The predicted molar refractivity (Wildman–Crippen MR) is 279 cm³/mol. The van der Waals surface area contributed by atoms with Crippen LogP contribution in [0.15, 0.2) is 72.8 Å². The second-order valence-electron chi connectivity index (χ2n) is 26.1. The molecule has 4 rings (SSSR count). The average Bonchev–Trinajstić information content (AvgIpc) is 3.08. The Bertz CT molecular complexity index is 2100. The summed E-state index contributed by atoms with van der Waals surface area (Å²) in [7, 11) is -9.38. The first-order chi connectivity index (χ1) is 29.2. The van der Waals surface area contributed by atoms with Gasteiger partial charge in [-0.25, -0.2) is 9.13 Å². The standard InChI is InChI=1S/2C28H43O4P.Mg/c2*1-25(2,3)19-13-15-23(21(17-19)27(7,8)9)31-33(29,30)32-24-16-14-20(26(4,5)6)18-22(24)28(10,11)12;/h2*13-18H,1-12H3,(H,29,30);/q;;+2/p-2. The molecule has 8 nitrogen and oxygen atoms in total. The van der Waals surface area contributed by atoms with Gasteiger partial charge in [0.2, 0.25) is 0 Å². The quantitative estimate of drug-likeness (QED) is 0.127. The summed E-state index contributed by atoms with van der Waals surface area (Å²) in [6.07, 6.45) is 0. The van der Waals surface area contributed by atoms with Gasteiger partial charge in [0.25, 0.3) is 0 Å². The summed E-state index contributed by atoms with van der Waals surface area (Å²) in [5.41, 5.74) is 6.32. The molecule has 4 aromatic rings. The molecule has 0 unspecified atom stereocenters. The van der Waals surface area contributed by atoms with Gasteiger partial charge in [0, 0.05) is 22.3 Å². The molecule has 0 atom stereocenters. The maximum atomic E-state index is 13.1. The summed E-state index contributed by atoms with van der Waals surface area (Å²) in [5.74, 6) is 1.21. The van der Waals surface area contributed by atoms with Gasteiger partial charge in [-0.3, -0.25) is 0 Å². The van der Waals surface area contributed by atoms with E-state index in [0.29, 0.717) is 23.0 Å². The number of hydrogen-bond acceptors (Lipinski definition) is 8. The van der Waals surface area contributed by atoms with Gasteiger partial charge in [-0.05, 0) is 89.8 Å². The molecule has 0 aliphatic carbocycles. The number of phosphoric acid groups is 2. The van der Waals surface area contributed by atoms with Crippen molar-refractivity contribution in [2.24, 2.45) is 0 Å². The minimum Gasteiger partial charge on any atom is -0.736 e. The van der Waals surface area contributed by atoms with Crippen molar-refractivity contribution in [3.05, 3.63) is 117 Å². The Morgan fingerprint density at radius 2 is 0.448 bits per heavy atom. The predicted octanol–water partition coefficient (Wildman–Crippen LogP) is 15.2. The molecule has 4 aromatic carbocycles. The SMILES string of the molecule is CC(C)(C)c1ccc(OP(=O)([O-])Oc2ccc(C(C)(C)C)cc2C(C)(C)C)c(C(C)(C)C)c1.CC(C)(C)c1ccc(OP(=O)([O-])Oc2ccc(C(C)(C)C)cc2C(C)(C)C)c(C(C)(C)C)c1.[Mg+2]. The first-order valence-electron chi connectivity index (χ1n) is 23.2. The Balaban J connectivity index is 0.000000453. The second-order valence-corrected chi connectivity index (χ2v) is 28.6. The molecule has 0 heterocycles. The molecular weight excluding hydrogens is 887 g/mol. The van der Waals surface area contributed by atoms with Crippen LogP contribution in [-0.4, -0.2) is 23.1 Å². The molecule has 0 bridgehead atoms. The molecule has 0 fully saturated rings. The van der Waals surface area contributed by atoms with Crippen molar-refractivity contribution in [1.29, 1.82) is 0 Å². The van der Waals surface area contributed by atoms with Crippen molar-refractivity contribution in [1.82, 2.24) is 0 Å². The van der Waals surface area contributed by atoms with Crippen LogP contribution in [0.2, 0.25) is 0 Å². The Hall–Kier alpha value is -2.77. The zero-order valence-corrected chi connectivity index (χ0v) is 49.0. The molecule has 0 amide bonds. The number of phosphoric ester groups is 2. The normalized spacial score (nSPS) is 13.5. The Kier molecular flexibility index (Phi) is 18.5. The van der Waals surface area contributed by atoms with Crippen molar-refractivity contribution < 1.29 is 37.0 Å². The summed E-state index contributed by atoms with van der Waals surface area (Å²) in [5, 5.41) is 0. The van der Waals surface area contributed by atoms with Gasteiger partial charge in [-0.1, -0.05) is 215 Å². The van der Waals surface area contributed by atoms with Crippen LogP contribution in [0.25, 0.3) is 0 Å². The molecule has 0 spiro atoms. The molecule has 0 aliphatic heterocycles. The van der Waals surface area contributed by atoms with E-state index >= 15 is 0 Å².